The van der Waals surface area contributed by atoms with Crippen LogP contribution in [0.5, 0.6) is 0 Å². The summed E-state index contributed by atoms with van der Waals surface area (Å²) in [5.41, 5.74) is 14.2. The lowest BCUT2D eigenvalue weighted by Gasteiger charge is -2.28. The fraction of sp³-hybridized carbons (Fsp3) is 0.352. The van der Waals surface area contributed by atoms with Gasteiger partial charge in [-0.25, -0.2) is 24.1 Å². The number of aromatic amines is 1. The van der Waals surface area contributed by atoms with Crippen LogP contribution in [0.3, 0.4) is 0 Å². The van der Waals surface area contributed by atoms with Gasteiger partial charge in [0, 0.05) is 73.6 Å². The number of hydrogen-bond donors (Lipinski definition) is 7. The molecule has 6 aromatic rings. The Hall–Kier alpha value is -8.95. The molecule has 0 aliphatic carbocycles. The maximum absolute atomic E-state index is 13.7. The number of urea groups is 1. The predicted octanol–water partition coefficient (Wildman–Crippen LogP) is 5.29. The van der Waals surface area contributed by atoms with E-state index in [0.717, 1.165) is 61.5 Å². The van der Waals surface area contributed by atoms with Gasteiger partial charge in [0.15, 0.2) is 5.65 Å². The monoisotopic (exact) mass is 1030 g/mol. The second kappa shape index (κ2) is 24.9. The first-order valence-corrected chi connectivity index (χ1v) is 25.3. The van der Waals surface area contributed by atoms with Crippen molar-refractivity contribution in [2.24, 2.45) is 11.7 Å². The van der Waals surface area contributed by atoms with E-state index in [-0.39, 0.29) is 56.2 Å². The molecule has 2 unspecified atom stereocenters. The standard InChI is InChI=1S/C54H62N14O8/c1-33(2)48(65-45(69)12-5-4-6-25-67-46(70)21-22-47(67)71)52(73)62-42(11-8-24-56-53(55)74)51(72)61-39-17-13-35(14-18-39)31-76-54(75)66-26-23-36-27-40(19-15-37(36)29-66)57-28-43-63-49(38-16-20-44-58-32-59-68(44)30-38)50(64-43)41-10-7-9-34(3)60-41/h7,9-10,13-22,27,30,32-33,42,48,57H,4-6,8,11-12,23-26,28-29,31H2,1-3H3,(H,61,72)(H,62,73)(H,63,64)(H,65,69)(H3,55,56,74). The molecule has 6 heterocycles. The van der Waals surface area contributed by atoms with Crippen molar-refractivity contribution in [1.29, 1.82) is 0 Å². The van der Waals surface area contributed by atoms with Crippen molar-refractivity contribution in [3.63, 3.8) is 0 Å². The number of fused-ring (bicyclic) bond motifs is 2. The molecule has 2 aromatic carbocycles. The van der Waals surface area contributed by atoms with Crippen molar-refractivity contribution in [2.45, 2.75) is 97.5 Å². The Morgan fingerprint density at radius 3 is 2.41 bits per heavy atom. The molecule has 2 aliphatic heterocycles. The number of nitrogens with one attached hydrogen (secondary N) is 6. The minimum Gasteiger partial charge on any atom is -0.445 e. The predicted molar refractivity (Wildman–Crippen MR) is 282 cm³/mol. The minimum absolute atomic E-state index is 0.00330. The van der Waals surface area contributed by atoms with Crippen molar-refractivity contribution in [2.75, 3.05) is 30.3 Å². The van der Waals surface area contributed by atoms with Crippen LogP contribution in [0, 0.1) is 12.8 Å². The number of imide groups is 1. The molecular formula is C54H62N14O8. The second-order valence-electron chi connectivity index (χ2n) is 19.1. The Bertz CT molecular complexity index is 3110. The highest BCUT2D eigenvalue weighted by Crippen LogP contribution is 2.30. The number of carbonyl (C=O) groups excluding carboxylic acids is 7. The number of carbonyl (C=O) groups is 7. The van der Waals surface area contributed by atoms with Crippen LogP contribution in [-0.2, 0) is 54.8 Å². The smallest absolute Gasteiger partial charge is 0.410 e. The maximum atomic E-state index is 13.7. The van der Waals surface area contributed by atoms with Crippen LogP contribution in [0.1, 0.15) is 80.6 Å². The number of primary amides is 1. The molecule has 0 saturated carbocycles. The lowest BCUT2D eigenvalue weighted by molar-refractivity contribution is -0.137. The topological polar surface area (TPSA) is 293 Å². The maximum Gasteiger partial charge on any atom is 0.410 e. The van der Waals surface area contributed by atoms with Crippen LogP contribution in [-0.4, -0.2) is 113 Å². The number of anilines is 2. The first kappa shape index (κ1) is 53.3. The third-order valence-corrected chi connectivity index (χ3v) is 13.0. The molecule has 0 spiro atoms. The van der Waals surface area contributed by atoms with Crippen LogP contribution in [0.2, 0.25) is 0 Å². The number of nitrogens with two attached hydrogens (primary N) is 1. The lowest BCUT2D eigenvalue weighted by Crippen LogP contribution is -2.54. The quantitative estimate of drug-likeness (QED) is 0.0317. The first-order chi connectivity index (χ1) is 36.7. The number of ether oxygens (including phenoxy) is 1. The molecule has 8 N–H and O–H groups in total. The Balaban J connectivity index is 0.804. The third-order valence-electron chi connectivity index (χ3n) is 13.0. The highest BCUT2D eigenvalue weighted by molar-refractivity contribution is 6.12. The Morgan fingerprint density at radius 1 is 0.855 bits per heavy atom. The highest BCUT2D eigenvalue weighted by atomic mass is 16.6. The van der Waals surface area contributed by atoms with Gasteiger partial charge in [0.1, 0.15) is 30.8 Å². The SMILES string of the molecule is Cc1cccc(-c2[nH]c(CNc3ccc4c(c3)CCN(C(=O)OCc3ccc(NC(=O)C(CCCNC(N)=O)NC(=O)C(NC(=O)CCCCCN5C(=O)C=CC5=O)C(C)C)cc3)C4)nc2-c2ccc3ncnn3c2)n1. The molecule has 8 rings (SSSR count). The summed E-state index contributed by atoms with van der Waals surface area (Å²) in [7, 11) is 0. The number of hydrogen-bond acceptors (Lipinski definition) is 13. The van der Waals surface area contributed by atoms with Crippen molar-refractivity contribution in [3.8, 4) is 22.6 Å². The number of aryl methyl sites for hydroxylation is 1. The van der Waals surface area contributed by atoms with E-state index in [1.807, 2.05) is 55.6 Å². The number of unbranched alkanes of at least 4 members (excludes halogenated alkanes) is 2. The molecule has 0 fully saturated rings. The Morgan fingerprint density at radius 2 is 1.64 bits per heavy atom. The van der Waals surface area contributed by atoms with E-state index in [1.54, 1.807) is 47.5 Å². The van der Waals surface area contributed by atoms with Gasteiger partial charge >= 0.3 is 12.1 Å². The molecule has 4 aromatic heterocycles. The highest BCUT2D eigenvalue weighted by Gasteiger charge is 2.30. The van der Waals surface area contributed by atoms with E-state index in [4.69, 9.17) is 20.4 Å². The van der Waals surface area contributed by atoms with Crippen molar-refractivity contribution >= 4 is 58.7 Å². The van der Waals surface area contributed by atoms with Gasteiger partial charge in [0.05, 0.1) is 23.6 Å². The molecule has 2 atom stereocenters. The molecule has 2 aliphatic rings. The van der Waals surface area contributed by atoms with Gasteiger partial charge in [0.25, 0.3) is 11.8 Å². The zero-order chi connectivity index (χ0) is 53.7. The van der Waals surface area contributed by atoms with E-state index in [2.05, 4.69) is 47.7 Å². The zero-order valence-corrected chi connectivity index (χ0v) is 42.6. The van der Waals surface area contributed by atoms with Crippen LogP contribution in [0.4, 0.5) is 21.0 Å². The van der Waals surface area contributed by atoms with Gasteiger partial charge in [-0.2, -0.15) is 5.10 Å². The van der Waals surface area contributed by atoms with Gasteiger partial charge in [-0.05, 0) is 110 Å². The fourth-order valence-electron chi connectivity index (χ4n) is 8.91. The lowest BCUT2D eigenvalue weighted by atomic mass is 9.99. The van der Waals surface area contributed by atoms with Crippen LogP contribution in [0.25, 0.3) is 28.3 Å². The number of pyridine rings is 2. The zero-order valence-electron chi connectivity index (χ0n) is 42.6. The van der Waals surface area contributed by atoms with Crippen LogP contribution < -0.4 is 32.3 Å². The van der Waals surface area contributed by atoms with Gasteiger partial charge in [-0.3, -0.25) is 33.9 Å². The second-order valence-corrected chi connectivity index (χ2v) is 19.1. The van der Waals surface area contributed by atoms with E-state index >= 15 is 0 Å². The normalized spacial score (nSPS) is 13.8. The van der Waals surface area contributed by atoms with Crippen molar-refractivity contribution in [1.82, 2.24) is 55.3 Å². The fourth-order valence-corrected chi connectivity index (χ4v) is 8.91. The van der Waals surface area contributed by atoms with Gasteiger partial charge in [-0.15, -0.1) is 0 Å². The summed E-state index contributed by atoms with van der Waals surface area (Å²) in [4.78, 5) is 109. The number of benzene rings is 2. The van der Waals surface area contributed by atoms with Crippen molar-refractivity contribution < 1.29 is 38.3 Å². The van der Waals surface area contributed by atoms with E-state index in [9.17, 15) is 33.6 Å². The molecule has 0 bridgehead atoms. The number of rotatable bonds is 23. The average Bonchev–Trinajstić information content (AvgIpc) is 4.15. The van der Waals surface area contributed by atoms with Gasteiger partial charge < -0.3 is 46.9 Å². The molecule has 0 saturated heterocycles. The number of amides is 8. The Kier molecular flexibility index (Phi) is 17.4. The summed E-state index contributed by atoms with van der Waals surface area (Å²) in [5, 5.41) is 18.7. The average molecular weight is 1040 g/mol. The molecule has 8 amide bonds. The van der Waals surface area contributed by atoms with Gasteiger partial charge in [0.2, 0.25) is 17.7 Å². The first-order valence-electron chi connectivity index (χ1n) is 25.3. The molecule has 76 heavy (non-hydrogen) atoms. The van der Waals surface area contributed by atoms with Gasteiger partial charge in [-0.1, -0.05) is 44.5 Å². The summed E-state index contributed by atoms with van der Waals surface area (Å²) >= 11 is 0. The largest absolute Gasteiger partial charge is 0.445 e. The van der Waals surface area contributed by atoms with E-state index < -0.39 is 36.0 Å². The van der Waals surface area contributed by atoms with Crippen LogP contribution in [0.15, 0.2) is 97.5 Å². The third kappa shape index (κ3) is 14.0. The number of nitrogens with zero attached hydrogens (tertiary/aromatic N) is 7. The molecular weight excluding hydrogens is 973 g/mol. The number of H-pyrrole nitrogens is 1. The summed E-state index contributed by atoms with van der Waals surface area (Å²) in [6.07, 6.45) is 8.23. The van der Waals surface area contributed by atoms with Crippen LogP contribution >= 0.6 is 0 Å². The molecule has 22 nitrogen and oxygen atoms in total. The summed E-state index contributed by atoms with van der Waals surface area (Å²) < 4.78 is 7.43. The molecule has 396 valence electrons. The van der Waals surface area contributed by atoms with E-state index in [1.165, 1.54) is 18.5 Å². The van der Waals surface area contributed by atoms with Crippen molar-refractivity contribution in [3.05, 3.63) is 126 Å². The Labute approximate surface area is 438 Å². The summed E-state index contributed by atoms with van der Waals surface area (Å²) in [6, 6.07) is 19.9. The summed E-state index contributed by atoms with van der Waals surface area (Å²) in [5.74, 6) is -1.73. The minimum atomic E-state index is -1.04. The van der Waals surface area contributed by atoms with E-state index in [0.29, 0.717) is 63.0 Å². The molecule has 0 radical (unpaired) electrons. The number of imidazole rings is 1. The summed E-state index contributed by atoms with van der Waals surface area (Å²) in [6.45, 7) is 7.21. The number of aromatic nitrogens is 6. The molecule has 22 heteroatoms.